The van der Waals surface area contributed by atoms with Crippen molar-refractivity contribution in [1.82, 2.24) is 10.2 Å². The highest BCUT2D eigenvalue weighted by Gasteiger charge is 2.25. The molecule has 1 aromatic carbocycles. The maximum absolute atomic E-state index is 6.03. The van der Waals surface area contributed by atoms with E-state index in [9.17, 15) is 0 Å². The third kappa shape index (κ3) is 3.16. The number of anilines is 1. The summed E-state index contributed by atoms with van der Waals surface area (Å²) in [5, 5.41) is 3.46. The van der Waals surface area contributed by atoms with Crippen LogP contribution in [0.2, 0.25) is 0 Å². The van der Waals surface area contributed by atoms with Crippen LogP contribution in [-0.4, -0.2) is 50.3 Å². The third-order valence-corrected chi connectivity index (χ3v) is 4.74. The minimum absolute atomic E-state index is 0.669. The van der Waals surface area contributed by atoms with Crippen LogP contribution in [0.1, 0.15) is 25.8 Å². The molecule has 1 saturated heterocycles. The molecule has 1 atom stereocenters. The summed E-state index contributed by atoms with van der Waals surface area (Å²) in [5.74, 6) is 1.08. The summed E-state index contributed by atoms with van der Waals surface area (Å²) in [6, 6.07) is 7.38. The Hall–Kier alpha value is -1.26. The van der Waals surface area contributed by atoms with E-state index in [-0.39, 0.29) is 0 Å². The lowest BCUT2D eigenvalue weighted by Gasteiger charge is -2.26. The van der Waals surface area contributed by atoms with E-state index < -0.39 is 0 Å². The normalized spacial score (nSPS) is 22.5. The Labute approximate surface area is 128 Å². The molecule has 1 N–H and O–H groups in total. The van der Waals surface area contributed by atoms with Crippen LogP contribution in [-0.2, 0) is 6.54 Å². The average Bonchev–Trinajstić information content (AvgIpc) is 2.95. The first-order valence-electron chi connectivity index (χ1n) is 8.27. The molecule has 1 aromatic rings. The Morgan fingerprint density at radius 3 is 2.90 bits per heavy atom. The second-order valence-corrected chi connectivity index (χ2v) is 5.93. The van der Waals surface area contributed by atoms with E-state index in [4.69, 9.17) is 4.74 Å². The molecule has 0 bridgehead atoms. The lowest BCUT2D eigenvalue weighted by atomic mass is 10.1. The molecule has 4 heteroatoms. The van der Waals surface area contributed by atoms with Crippen molar-refractivity contribution >= 4 is 5.69 Å². The summed E-state index contributed by atoms with van der Waals surface area (Å²) in [4.78, 5) is 4.94. The van der Waals surface area contributed by atoms with E-state index in [0.29, 0.717) is 6.04 Å². The quantitative estimate of drug-likeness (QED) is 0.918. The Balaban J connectivity index is 1.78. The Kier molecular flexibility index (Phi) is 4.66. The van der Waals surface area contributed by atoms with Gasteiger partial charge in [-0.1, -0.05) is 6.07 Å². The topological polar surface area (TPSA) is 27.7 Å². The molecule has 0 radical (unpaired) electrons. The third-order valence-electron chi connectivity index (χ3n) is 4.74. The van der Waals surface area contributed by atoms with E-state index in [1.807, 2.05) is 0 Å². The molecule has 2 heterocycles. The molecule has 2 aliphatic rings. The van der Waals surface area contributed by atoms with Gasteiger partial charge in [-0.05, 0) is 32.9 Å². The first-order chi connectivity index (χ1) is 10.3. The van der Waals surface area contributed by atoms with Crippen molar-refractivity contribution in [2.45, 2.75) is 32.9 Å². The molecule has 3 rings (SSSR count). The van der Waals surface area contributed by atoms with Crippen molar-refractivity contribution in [2.24, 2.45) is 0 Å². The van der Waals surface area contributed by atoms with Gasteiger partial charge in [-0.3, -0.25) is 4.90 Å². The van der Waals surface area contributed by atoms with Gasteiger partial charge in [0.15, 0.2) is 0 Å². The highest BCUT2D eigenvalue weighted by atomic mass is 16.5. The fourth-order valence-corrected chi connectivity index (χ4v) is 3.43. The summed E-state index contributed by atoms with van der Waals surface area (Å²) in [6.07, 6.45) is 1.26. The van der Waals surface area contributed by atoms with E-state index in [1.54, 1.807) is 0 Å². The summed E-state index contributed by atoms with van der Waals surface area (Å²) in [7, 11) is 0. The van der Waals surface area contributed by atoms with Gasteiger partial charge in [-0.25, -0.2) is 0 Å². The number of benzene rings is 1. The molecular formula is C17H27N3O. The number of fused-ring (bicyclic) bond motifs is 1. The van der Waals surface area contributed by atoms with Gasteiger partial charge in [-0.2, -0.15) is 0 Å². The molecule has 2 aliphatic heterocycles. The van der Waals surface area contributed by atoms with Crippen molar-refractivity contribution in [3.63, 3.8) is 0 Å². The van der Waals surface area contributed by atoms with Crippen molar-refractivity contribution in [3.05, 3.63) is 23.8 Å². The van der Waals surface area contributed by atoms with Gasteiger partial charge in [0.1, 0.15) is 12.4 Å². The lowest BCUT2D eigenvalue weighted by Crippen LogP contribution is -2.37. The van der Waals surface area contributed by atoms with Gasteiger partial charge in [-0.15, -0.1) is 0 Å². The van der Waals surface area contributed by atoms with Crippen molar-refractivity contribution in [2.75, 3.05) is 44.2 Å². The van der Waals surface area contributed by atoms with Gasteiger partial charge in [0.05, 0.1) is 0 Å². The minimum atomic E-state index is 0.669. The predicted molar refractivity (Wildman–Crippen MR) is 87.2 cm³/mol. The molecule has 116 valence electrons. The minimum Gasteiger partial charge on any atom is -0.492 e. The maximum atomic E-state index is 6.03. The lowest BCUT2D eigenvalue weighted by molar-refractivity contribution is 0.178. The van der Waals surface area contributed by atoms with Gasteiger partial charge in [0, 0.05) is 56.1 Å². The van der Waals surface area contributed by atoms with Crippen LogP contribution in [0, 0.1) is 0 Å². The van der Waals surface area contributed by atoms with E-state index in [1.165, 1.54) is 17.7 Å². The Bertz CT molecular complexity index is 467. The van der Waals surface area contributed by atoms with Crippen LogP contribution in [0.15, 0.2) is 18.2 Å². The molecule has 0 spiro atoms. The first kappa shape index (κ1) is 14.7. The van der Waals surface area contributed by atoms with E-state index in [0.717, 1.165) is 51.6 Å². The summed E-state index contributed by atoms with van der Waals surface area (Å²) in [5.41, 5.74) is 2.60. The SMILES string of the molecule is CCN(CC)c1ccc2c(c1)OCCN(C1CCNC1)C2. The zero-order chi connectivity index (χ0) is 14.7. The van der Waals surface area contributed by atoms with E-state index in [2.05, 4.69) is 47.2 Å². The van der Waals surface area contributed by atoms with Crippen LogP contribution >= 0.6 is 0 Å². The highest BCUT2D eigenvalue weighted by molar-refractivity contribution is 5.54. The molecule has 0 amide bonds. The van der Waals surface area contributed by atoms with Crippen LogP contribution < -0.4 is 15.0 Å². The van der Waals surface area contributed by atoms with Gasteiger partial charge >= 0.3 is 0 Å². The number of nitrogens with one attached hydrogen (secondary N) is 1. The smallest absolute Gasteiger partial charge is 0.125 e. The zero-order valence-corrected chi connectivity index (χ0v) is 13.3. The molecular weight excluding hydrogens is 262 g/mol. The number of hydrogen-bond donors (Lipinski definition) is 1. The van der Waals surface area contributed by atoms with Crippen molar-refractivity contribution in [1.29, 1.82) is 0 Å². The highest BCUT2D eigenvalue weighted by Crippen LogP contribution is 2.29. The second-order valence-electron chi connectivity index (χ2n) is 5.93. The molecule has 0 aliphatic carbocycles. The monoisotopic (exact) mass is 289 g/mol. The predicted octanol–water partition coefficient (Wildman–Crippen LogP) is 2.09. The first-order valence-corrected chi connectivity index (χ1v) is 8.27. The molecule has 4 nitrogen and oxygen atoms in total. The van der Waals surface area contributed by atoms with Crippen LogP contribution in [0.3, 0.4) is 0 Å². The largest absolute Gasteiger partial charge is 0.492 e. The van der Waals surface area contributed by atoms with Crippen LogP contribution in [0.5, 0.6) is 5.75 Å². The summed E-state index contributed by atoms with van der Waals surface area (Å²) < 4.78 is 6.03. The van der Waals surface area contributed by atoms with Crippen molar-refractivity contribution in [3.8, 4) is 5.75 Å². The van der Waals surface area contributed by atoms with E-state index >= 15 is 0 Å². The van der Waals surface area contributed by atoms with Gasteiger partial charge in [0.2, 0.25) is 0 Å². The average molecular weight is 289 g/mol. The Morgan fingerprint density at radius 2 is 2.19 bits per heavy atom. The van der Waals surface area contributed by atoms with Crippen LogP contribution in [0.25, 0.3) is 0 Å². The number of ether oxygens (including phenoxy) is 1. The molecule has 1 fully saturated rings. The zero-order valence-electron chi connectivity index (χ0n) is 13.3. The fourth-order valence-electron chi connectivity index (χ4n) is 3.43. The van der Waals surface area contributed by atoms with Gasteiger partial charge < -0.3 is 15.0 Å². The molecule has 21 heavy (non-hydrogen) atoms. The molecule has 0 saturated carbocycles. The van der Waals surface area contributed by atoms with Gasteiger partial charge in [0.25, 0.3) is 0 Å². The number of rotatable bonds is 4. The number of hydrogen-bond acceptors (Lipinski definition) is 4. The molecule has 1 unspecified atom stereocenters. The summed E-state index contributed by atoms with van der Waals surface area (Å²) >= 11 is 0. The Morgan fingerprint density at radius 1 is 1.33 bits per heavy atom. The second kappa shape index (κ2) is 6.67. The number of nitrogens with zero attached hydrogens (tertiary/aromatic N) is 2. The summed E-state index contributed by atoms with van der Waals surface area (Å²) in [6.45, 7) is 11.6. The fraction of sp³-hybridized carbons (Fsp3) is 0.647. The standard InChI is InChI=1S/C17H27N3O/c1-3-19(4-2)15-6-5-14-13-20(16-7-8-18-12-16)9-10-21-17(14)11-15/h5-6,11,16,18H,3-4,7-10,12-13H2,1-2H3. The maximum Gasteiger partial charge on any atom is 0.125 e. The van der Waals surface area contributed by atoms with Crippen molar-refractivity contribution < 1.29 is 4.74 Å². The van der Waals surface area contributed by atoms with Crippen LogP contribution in [0.4, 0.5) is 5.69 Å². The molecule has 0 aromatic heterocycles.